The Hall–Kier alpha value is -3.06. The third-order valence-electron chi connectivity index (χ3n) is 4.52. The molecule has 1 amide bonds. The van der Waals surface area contributed by atoms with Crippen molar-refractivity contribution in [3.8, 4) is 0 Å². The summed E-state index contributed by atoms with van der Waals surface area (Å²) in [5.74, 6) is -0.615. The Labute approximate surface area is 160 Å². The van der Waals surface area contributed by atoms with Gasteiger partial charge >= 0.3 is 6.18 Å². The monoisotopic (exact) mass is 388 g/mol. The molecule has 3 rings (SSSR count). The maximum Gasteiger partial charge on any atom is 0.416 e. The third kappa shape index (κ3) is 3.94. The van der Waals surface area contributed by atoms with Crippen molar-refractivity contribution in [2.75, 3.05) is 7.11 Å². The van der Waals surface area contributed by atoms with Crippen LogP contribution < -0.4 is 5.73 Å². The highest BCUT2D eigenvalue weighted by atomic mass is 19.4. The average Bonchev–Trinajstić information content (AvgIpc) is 2.97. The minimum Gasteiger partial charge on any atom is -0.380 e. The molecule has 0 aliphatic carbocycles. The normalized spacial score (nSPS) is 11.7. The number of methoxy groups -OCH3 is 1. The summed E-state index contributed by atoms with van der Waals surface area (Å²) in [6.07, 6.45) is -2.55. The minimum absolute atomic E-state index is 0.191. The fourth-order valence-corrected chi connectivity index (χ4v) is 3.14. The molecule has 7 heteroatoms. The lowest BCUT2D eigenvalue weighted by molar-refractivity contribution is -0.137. The molecule has 28 heavy (non-hydrogen) atoms. The van der Waals surface area contributed by atoms with E-state index in [4.69, 9.17) is 10.5 Å². The number of aromatic nitrogens is 1. The second-order valence-corrected chi connectivity index (χ2v) is 6.49. The van der Waals surface area contributed by atoms with Gasteiger partial charge in [0, 0.05) is 41.9 Å². The summed E-state index contributed by atoms with van der Waals surface area (Å²) in [6.45, 7) is 4.28. The fraction of sp³-hybridized carbons (Fsp3) is 0.190. The molecule has 3 aromatic rings. The van der Waals surface area contributed by atoms with E-state index >= 15 is 0 Å². The SMILES string of the molecule is C=C(C(N)=O)c1ccc2c(c1)c(COC)cn2Cc1cccc(C(F)(F)F)c1. The summed E-state index contributed by atoms with van der Waals surface area (Å²) >= 11 is 0. The van der Waals surface area contributed by atoms with Crippen LogP contribution in [0.4, 0.5) is 13.2 Å². The van der Waals surface area contributed by atoms with Gasteiger partial charge in [0.2, 0.25) is 5.91 Å². The highest BCUT2D eigenvalue weighted by Crippen LogP contribution is 2.31. The Kier molecular flexibility index (Phi) is 5.29. The van der Waals surface area contributed by atoms with Crippen LogP contribution in [0.3, 0.4) is 0 Å². The molecule has 0 saturated heterocycles. The van der Waals surface area contributed by atoms with Crippen molar-refractivity contribution in [2.24, 2.45) is 5.73 Å². The number of benzene rings is 2. The predicted octanol–water partition coefficient (Wildman–Crippen LogP) is 4.35. The van der Waals surface area contributed by atoms with Crippen molar-refractivity contribution >= 4 is 22.4 Å². The van der Waals surface area contributed by atoms with Gasteiger partial charge in [-0.3, -0.25) is 4.79 Å². The van der Waals surface area contributed by atoms with Crippen molar-refractivity contribution in [3.05, 3.63) is 77.5 Å². The molecule has 1 heterocycles. The van der Waals surface area contributed by atoms with Crippen molar-refractivity contribution in [1.29, 1.82) is 0 Å². The number of ether oxygens (including phenoxy) is 1. The predicted molar refractivity (Wildman–Crippen MR) is 101 cm³/mol. The first-order valence-corrected chi connectivity index (χ1v) is 8.46. The first-order valence-electron chi connectivity index (χ1n) is 8.46. The van der Waals surface area contributed by atoms with E-state index in [1.54, 1.807) is 31.4 Å². The summed E-state index contributed by atoms with van der Waals surface area (Å²) in [5.41, 5.74) is 7.60. The molecule has 2 aromatic carbocycles. The van der Waals surface area contributed by atoms with Crippen molar-refractivity contribution in [3.63, 3.8) is 0 Å². The molecule has 0 unspecified atom stereocenters. The Morgan fingerprint density at radius 2 is 1.96 bits per heavy atom. The minimum atomic E-state index is -4.39. The van der Waals surface area contributed by atoms with E-state index in [2.05, 4.69) is 6.58 Å². The van der Waals surface area contributed by atoms with Gasteiger partial charge in [0.1, 0.15) is 0 Å². The molecule has 0 bridgehead atoms. The maximum absolute atomic E-state index is 13.0. The van der Waals surface area contributed by atoms with E-state index in [9.17, 15) is 18.0 Å². The molecule has 0 saturated carbocycles. The molecule has 0 atom stereocenters. The maximum atomic E-state index is 13.0. The van der Waals surface area contributed by atoms with Crippen molar-refractivity contribution in [2.45, 2.75) is 19.3 Å². The van der Waals surface area contributed by atoms with Crippen LogP contribution in [0.2, 0.25) is 0 Å². The smallest absolute Gasteiger partial charge is 0.380 e. The first-order chi connectivity index (χ1) is 13.2. The van der Waals surface area contributed by atoms with E-state index in [1.165, 1.54) is 6.07 Å². The van der Waals surface area contributed by atoms with Gasteiger partial charge in [-0.25, -0.2) is 0 Å². The summed E-state index contributed by atoms with van der Waals surface area (Å²) in [6, 6.07) is 10.6. The van der Waals surface area contributed by atoms with Crippen LogP contribution in [-0.4, -0.2) is 17.6 Å². The zero-order valence-corrected chi connectivity index (χ0v) is 15.2. The number of nitrogens with zero attached hydrogens (tertiary/aromatic N) is 1. The molecule has 146 valence electrons. The molecular formula is C21H19F3N2O2. The van der Waals surface area contributed by atoms with Crippen LogP contribution in [0, 0.1) is 0 Å². The number of rotatable bonds is 6. The van der Waals surface area contributed by atoms with Gasteiger partial charge in [-0.2, -0.15) is 13.2 Å². The lowest BCUT2D eigenvalue weighted by atomic mass is 10.0. The number of primary amides is 1. The zero-order chi connectivity index (χ0) is 20.5. The number of carbonyl (C=O) groups is 1. The van der Waals surface area contributed by atoms with Gasteiger partial charge in [0.15, 0.2) is 0 Å². The van der Waals surface area contributed by atoms with Crippen LogP contribution in [0.15, 0.2) is 55.2 Å². The zero-order valence-electron chi connectivity index (χ0n) is 15.2. The molecule has 0 fully saturated rings. The average molecular weight is 388 g/mol. The Morgan fingerprint density at radius 3 is 2.61 bits per heavy atom. The number of amides is 1. The Bertz CT molecular complexity index is 1050. The number of halogens is 3. The van der Waals surface area contributed by atoms with Crippen molar-refractivity contribution in [1.82, 2.24) is 4.57 Å². The number of fused-ring (bicyclic) bond motifs is 1. The van der Waals surface area contributed by atoms with Crippen molar-refractivity contribution < 1.29 is 22.7 Å². The lowest BCUT2D eigenvalue weighted by Crippen LogP contribution is -2.11. The van der Waals surface area contributed by atoms with Crippen LogP contribution in [0.25, 0.3) is 16.5 Å². The number of hydrogen-bond acceptors (Lipinski definition) is 2. The number of nitrogens with two attached hydrogens (primary N) is 1. The number of carbonyl (C=O) groups excluding carboxylic acids is 1. The van der Waals surface area contributed by atoms with E-state index in [0.29, 0.717) is 17.7 Å². The second-order valence-electron chi connectivity index (χ2n) is 6.49. The van der Waals surface area contributed by atoms with Gasteiger partial charge in [-0.05, 0) is 35.4 Å². The number of alkyl halides is 3. The molecule has 2 N–H and O–H groups in total. The van der Waals surface area contributed by atoms with Crippen LogP contribution in [0.5, 0.6) is 0 Å². The largest absolute Gasteiger partial charge is 0.416 e. The van der Waals surface area contributed by atoms with E-state index in [0.717, 1.165) is 28.6 Å². The first kappa shape index (κ1) is 19.7. The standard InChI is InChI=1S/C21H19F3N2O2/c1-13(20(25)27)15-6-7-19-18(9-15)16(12-28-2)11-26(19)10-14-4-3-5-17(8-14)21(22,23)24/h3-9,11H,1,10,12H2,2H3,(H2,25,27). The molecular weight excluding hydrogens is 369 g/mol. The van der Waals surface area contributed by atoms with Gasteiger partial charge in [0.25, 0.3) is 0 Å². The molecule has 4 nitrogen and oxygen atoms in total. The summed E-state index contributed by atoms with van der Waals surface area (Å²) in [4.78, 5) is 11.4. The van der Waals surface area contributed by atoms with E-state index < -0.39 is 17.6 Å². The lowest BCUT2D eigenvalue weighted by Gasteiger charge is -2.10. The summed E-state index contributed by atoms with van der Waals surface area (Å²) in [5, 5.41) is 0.828. The summed E-state index contributed by atoms with van der Waals surface area (Å²) < 4.78 is 46.0. The van der Waals surface area contributed by atoms with Gasteiger partial charge in [-0.15, -0.1) is 0 Å². The fourth-order valence-electron chi connectivity index (χ4n) is 3.14. The van der Waals surface area contributed by atoms with E-state index in [1.807, 2.05) is 10.8 Å². The molecule has 1 aromatic heterocycles. The van der Waals surface area contributed by atoms with Gasteiger partial charge in [-0.1, -0.05) is 24.8 Å². The third-order valence-corrected chi connectivity index (χ3v) is 4.52. The molecule has 0 aliphatic heterocycles. The van der Waals surface area contributed by atoms with Gasteiger partial charge in [0.05, 0.1) is 12.2 Å². The van der Waals surface area contributed by atoms with Crippen LogP contribution in [-0.2, 0) is 28.9 Å². The van der Waals surface area contributed by atoms with Crippen LogP contribution >= 0.6 is 0 Å². The van der Waals surface area contributed by atoms with Gasteiger partial charge < -0.3 is 15.0 Å². The second kappa shape index (κ2) is 7.52. The van der Waals surface area contributed by atoms with E-state index in [-0.39, 0.29) is 12.1 Å². The summed E-state index contributed by atoms with van der Waals surface area (Å²) in [7, 11) is 1.56. The highest BCUT2D eigenvalue weighted by molar-refractivity contribution is 6.18. The highest BCUT2D eigenvalue weighted by Gasteiger charge is 2.30. The molecule has 0 radical (unpaired) electrons. The Morgan fingerprint density at radius 1 is 1.21 bits per heavy atom. The Balaban J connectivity index is 2.04. The molecule has 0 spiro atoms. The topological polar surface area (TPSA) is 57.3 Å². The van der Waals surface area contributed by atoms with Crippen LogP contribution in [0.1, 0.15) is 22.3 Å². The quantitative estimate of drug-likeness (QED) is 0.638. The number of hydrogen-bond donors (Lipinski definition) is 1. The molecule has 0 aliphatic rings.